The van der Waals surface area contributed by atoms with Gasteiger partial charge >= 0.3 is 6.43 Å². The molecule has 6 N–H and O–H groups in total. The monoisotopic (exact) mass is 483 g/mol. The molecule has 2 heterocycles. The quantitative estimate of drug-likeness (QED) is 0.308. The van der Waals surface area contributed by atoms with Gasteiger partial charge in [0.15, 0.2) is 0 Å². The molecule has 0 aliphatic carbocycles. The number of nitrogens with one attached hydrogen (secondary N) is 1. The summed E-state index contributed by atoms with van der Waals surface area (Å²) in [6.07, 6.45) is -0.818. The van der Waals surface area contributed by atoms with Crippen molar-refractivity contribution in [3.05, 3.63) is 77.2 Å². The number of amides is 1. The zero-order valence-electron chi connectivity index (χ0n) is 18.7. The van der Waals surface area contributed by atoms with E-state index in [1.807, 2.05) is 30.3 Å². The standard InChI is InChI=1S/C15H13F2N7O2.C8H10O/c1-6-4-7(2-3-8(6)12(19)25)21-15-20-5-9(11(18)22-15)14-23-13(10(16)17)24-26-14;9-7-6-8-4-2-1-3-5-8/h2-5,10H,1H3,(H2,19,25)(H3,18,20,21,22);1-5,9H,6-7H2. The number of aliphatic hydroxyl groups is 1. The van der Waals surface area contributed by atoms with Gasteiger partial charge in [-0.1, -0.05) is 35.5 Å². The second-order valence-corrected chi connectivity index (χ2v) is 7.23. The first-order chi connectivity index (χ1) is 16.8. The Labute approximate surface area is 199 Å². The Kier molecular flexibility index (Phi) is 8.35. The van der Waals surface area contributed by atoms with Crippen LogP contribution in [0.3, 0.4) is 0 Å². The van der Waals surface area contributed by atoms with E-state index in [1.54, 1.807) is 25.1 Å². The summed E-state index contributed by atoms with van der Waals surface area (Å²) in [6.45, 7) is 1.98. The number of carbonyl (C=O) groups is 1. The van der Waals surface area contributed by atoms with Gasteiger partial charge in [0, 0.05) is 24.1 Å². The van der Waals surface area contributed by atoms with E-state index in [2.05, 4.69) is 25.4 Å². The molecular weight excluding hydrogens is 460 g/mol. The number of nitrogens with two attached hydrogens (primary N) is 2. The molecule has 0 aliphatic rings. The Balaban J connectivity index is 0.000000320. The van der Waals surface area contributed by atoms with Crippen molar-refractivity contribution in [1.29, 1.82) is 0 Å². The van der Waals surface area contributed by atoms with Gasteiger partial charge in [0.2, 0.25) is 17.7 Å². The molecule has 0 saturated carbocycles. The van der Waals surface area contributed by atoms with Gasteiger partial charge in [-0.2, -0.15) is 9.97 Å². The number of halogens is 2. The minimum Gasteiger partial charge on any atom is -0.396 e. The number of alkyl halides is 2. The zero-order valence-corrected chi connectivity index (χ0v) is 18.7. The molecule has 0 aliphatic heterocycles. The summed E-state index contributed by atoms with van der Waals surface area (Å²) in [5, 5.41) is 14.6. The second-order valence-electron chi connectivity index (χ2n) is 7.23. The molecule has 2 aromatic heterocycles. The Morgan fingerprint density at radius 2 is 1.91 bits per heavy atom. The van der Waals surface area contributed by atoms with Crippen LogP contribution in [0.1, 0.15) is 33.7 Å². The highest BCUT2D eigenvalue weighted by atomic mass is 19.3. The molecule has 0 unspecified atom stereocenters. The summed E-state index contributed by atoms with van der Waals surface area (Å²) in [4.78, 5) is 22.9. The predicted octanol–water partition coefficient (Wildman–Crippen LogP) is 3.42. The van der Waals surface area contributed by atoms with Crippen LogP contribution in [0.25, 0.3) is 11.5 Å². The van der Waals surface area contributed by atoms with Crippen molar-refractivity contribution in [3.8, 4) is 11.5 Å². The van der Waals surface area contributed by atoms with E-state index >= 15 is 0 Å². The third-order valence-corrected chi connectivity index (χ3v) is 4.68. The molecule has 2 aromatic carbocycles. The van der Waals surface area contributed by atoms with E-state index < -0.39 is 18.2 Å². The second kappa shape index (κ2) is 11.6. The average Bonchev–Trinajstić information content (AvgIpc) is 3.31. The fourth-order valence-corrected chi connectivity index (χ4v) is 2.97. The highest BCUT2D eigenvalue weighted by molar-refractivity contribution is 5.94. The van der Waals surface area contributed by atoms with Gasteiger partial charge in [0.05, 0.1) is 0 Å². The normalized spacial score (nSPS) is 10.5. The first-order valence-corrected chi connectivity index (χ1v) is 10.4. The highest BCUT2D eigenvalue weighted by Crippen LogP contribution is 2.26. The van der Waals surface area contributed by atoms with Crippen LogP contribution in [0, 0.1) is 6.92 Å². The van der Waals surface area contributed by atoms with Gasteiger partial charge in [0.1, 0.15) is 11.4 Å². The molecule has 10 nitrogen and oxygen atoms in total. The largest absolute Gasteiger partial charge is 0.396 e. The van der Waals surface area contributed by atoms with E-state index in [0.29, 0.717) is 16.8 Å². The number of benzene rings is 2. The van der Waals surface area contributed by atoms with Crippen LogP contribution in [-0.2, 0) is 6.42 Å². The van der Waals surface area contributed by atoms with Crippen molar-refractivity contribution in [2.75, 3.05) is 17.7 Å². The third kappa shape index (κ3) is 6.77. The molecule has 4 aromatic rings. The van der Waals surface area contributed by atoms with Crippen molar-refractivity contribution in [1.82, 2.24) is 20.1 Å². The van der Waals surface area contributed by atoms with Crippen molar-refractivity contribution in [2.45, 2.75) is 19.8 Å². The fraction of sp³-hybridized carbons (Fsp3) is 0.174. The number of aliphatic hydroxyl groups excluding tert-OH is 1. The Morgan fingerprint density at radius 3 is 2.49 bits per heavy atom. The number of anilines is 3. The van der Waals surface area contributed by atoms with E-state index in [-0.39, 0.29) is 29.8 Å². The number of hydrogen-bond acceptors (Lipinski definition) is 9. The summed E-state index contributed by atoms with van der Waals surface area (Å²) in [6, 6.07) is 14.8. The van der Waals surface area contributed by atoms with Crippen LogP contribution in [0.15, 0.2) is 59.3 Å². The molecule has 35 heavy (non-hydrogen) atoms. The molecule has 0 atom stereocenters. The number of hydrogen-bond donors (Lipinski definition) is 4. The van der Waals surface area contributed by atoms with E-state index in [9.17, 15) is 13.6 Å². The third-order valence-electron chi connectivity index (χ3n) is 4.68. The minimum absolute atomic E-state index is 0.0301. The molecule has 0 fully saturated rings. The SMILES string of the molecule is Cc1cc(Nc2ncc(-c3nc(C(F)F)no3)c(N)n2)ccc1C(N)=O.OCCc1ccccc1. The molecule has 182 valence electrons. The number of aromatic nitrogens is 4. The molecule has 0 radical (unpaired) electrons. The molecule has 12 heteroatoms. The van der Waals surface area contributed by atoms with Crippen LogP contribution in [0.5, 0.6) is 0 Å². The molecule has 0 saturated heterocycles. The maximum atomic E-state index is 12.5. The van der Waals surface area contributed by atoms with Crippen LogP contribution < -0.4 is 16.8 Å². The molecule has 4 rings (SSSR count). The van der Waals surface area contributed by atoms with Gasteiger partial charge in [0.25, 0.3) is 5.89 Å². The summed E-state index contributed by atoms with van der Waals surface area (Å²) >= 11 is 0. The maximum Gasteiger partial charge on any atom is 0.300 e. The fourth-order valence-electron chi connectivity index (χ4n) is 2.97. The number of primary amides is 1. The number of nitrogen functional groups attached to an aromatic ring is 1. The lowest BCUT2D eigenvalue weighted by Gasteiger charge is -2.09. The van der Waals surface area contributed by atoms with Gasteiger partial charge in [-0.15, -0.1) is 0 Å². The number of aryl methyl sites for hydroxylation is 1. The van der Waals surface area contributed by atoms with Gasteiger partial charge in [-0.25, -0.2) is 13.8 Å². The Morgan fingerprint density at radius 1 is 1.17 bits per heavy atom. The van der Waals surface area contributed by atoms with Crippen molar-refractivity contribution in [2.24, 2.45) is 5.73 Å². The van der Waals surface area contributed by atoms with Gasteiger partial charge < -0.3 is 26.4 Å². The lowest BCUT2D eigenvalue weighted by atomic mass is 10.1. The first-order valence-electron chi connectivity index (χ1n) is 10.4. The Hall–Kier alpha value is -4.45. The lowest BCUT2D eigenvalue weighted by molar-refractivity contribution is 0.0999. The average molecular weight is 483 g/mol. The van der Waals surface area contributed by atoms with E-state index in [4.69, 9.17) is 21.1 Å². The Bertz CT molecular complexity index is 1280. The zero-order chi connectivity index (χ0) is 25.4. The van der Waals surface area contributed by atoms with Crippen molar-refractivity contribution < 1.29 is 23.2 Å². The number of carbonyl (C=O) groups excluding carboxylic acids is 1. The molecule has 0 spiro atoms. The van der Waals surface area contributed by atoms with Crippen molar-refractivity contribution in [3.63, 3.8) is 0 Å². The topological polar surface area (TPSA) is 166 Å². The van der Waals surface area contributed by atoms with E-state index in [1.165, 1.54) is 11.8 Å². The summed E-state index contributed by atoms with van der Waals surface area (Å²) in [5.74, 6) is -1.34. The smallest absolute Gasteiger partial charge is 0.300 e. The first kappa shape index (κ1) is 25.2. The number of rotatable bonds is 7. The van der Waals surface area contributed by atoms with Crippen LogP contribution in [0.2, 0.25) is 0 Å². The van der Waals surface area contributed by atoms with E-state index in [0.717, 1.165) is 6.42 Å². The molecule has 1 amide bonds. The van der Waals surface area contributed by atoms with Gasteiger partial charge in [-0.05, 0) is 42.7 Å². The van der Waals surface area contributed by atoms with Crippen LogP contribution >= 0.6 is 0 Å². The van der Waals surface area contributed by atoms with Crippen molar-refractivity contribution >= 4 is 23.4 Å². The minimum atomic E-state index is -2.86. The van der Waals surface area contributed by atoms with Crippen LogP contribution in [-0.4, -0.2) is 37.7 Å². The summed E-state index contributed by atoms with van der Waals surface area (Å²) < 4.78 is 29.8. The number of nitrogens with zero attached hydrogens (tertiary/aromatic N) is 4. The summed E-state index contributed by atoms with van der Waals surface area (Å²) in [5.41, 5.74) is 14.1. The lowest BCUT2D eigenvalue weighted by Crippen LogP contribution is -2.12. The predicted molar refractivity (Wildman–Crippen MR) is 125 cm³/mol. The molecule has 0 bridgehead atoms. The van der Waals surface area contributed by atoms with Gasteiger partial charge in [-0.3, -0.25) is 4.79 Å². The molecular formula is C23H23F2N7O3. The van der Waals surface area contributed by atoms with Crippen LogP contribution in [0.4, 0.5) is 26.2 Å². The highest BCUT2D eigenvalue weighted by Gasteiger charge is 2.19. The maximum absolute atomic E-state index is 12.5. The summed E-state index contributed by atoms with van der Waals surface area (Å²) in [7, 11) is 0.